The molecule has 4 aromatic carbocycles. The fourth-order valence-corrected chi connectivity index (χ4v) is 9.04. The minimum atomic E-state index is -4.56. The highest BCUT2D eigenvalue weighted by Gasteiger charge is 2.52. The van der Waals surface area contributed by atoms with Crippen LogP contribution in [0.25, 0.3) is 21.5 Å². The van der Waals surface area contributed by atoms with Gasteiger partial charge in [-0.1, -0.05) is 100 Å². The van der Waals surface area contributed by atoms with Gasteiger partial charge < -0.3 is 15.1 Å². The van der Waals surface area contributed by atoms with Gasteiger partial charge in [-0.05, 0) is 79.6 Å². The molecule has 6 nitrogen and oxygen atoms in total. The molecule has 2 aliphatic rings. The Balaban J connectivity index is 1.67. The van der Waals surface area contributed by atoms with Crippen LogP contribution in [0.4, 0.5) is 24.5 Å². The Morgan fingerprint density at radius 2 is 1.44 bits per heavy atom. The lowest BCUT2D eigenvalue weighted by molar-refractivity contribution is -0.435. The highest BCUT2D eigenvalue weighted by Crippen LogP contribution is 2.55. The second-order valence-electron chi connectivity index (χ2n) is 15.5. The van der Waals surface area contributed by atoms with E-state index >= 15 is 0 Å². The van der Waals surface area contributed by atoms with E-state index in [1.54, 1.807) is 0 Å². The summed E-state index contributed by atoms with van der Waals surface area (Å²) in [6.45, 7) is 8.54. The molecular formula is C46H52F3N2O4+. The van der Waals surface area contributed by atoms with Crippen LogP contribution in [0.1, 0.15) is 109 Å². The van der Waals surface area contributed by atoms with E-state index in [9.17, 15) is 33.0 Å². The Bertz CT molecular complexity index is 2200. The number of benzene rings is 4. The third kappa shape index (κ3) is 7.54. The molecular weight excluding hydrogens is 702 g/mol. The van der Waals surface area contributed by atoms with Gasteiger partial charge in [0.25, 0.3) is 0 Å². The zero-order chi connectivity index (χ0) is 39.5. The van der Waals surface area contributed by atoms with Gasteiger partial charge >= 0.3 is 18.1 Å². The monoisotopic (exact) mass is 753 g/mol. The molecule has 55 heavy (non-hydrogen) atoms. The maximum atomic E-state index is 14.4. The molecule has 0 fully saturated rings. The minimum absolute atomic E-state index is 0.0679. The number of anilines is 1. The first kappa shape index (κ1) is 39.8. The second-order valence-corrected chi connectivity index (χ2v) is 15.5. The van der Waals surface area contributed by atoms with Gasteiger partial charge in [0, 0.05) is 35.0 Å². The fourth-order valence-electron chi connectivity index (χ4n) is 9.04. The van der Waals surface area contributed by atoms with Crippen LogP contribution in [0.3, 0.4) is 0 Å². The number of fused-ring (bicyclic) bond motifs is 7. The average Bonchev–Trinajstić information content (AvgIpc) is 3.54. The maximum absolute atomic E-state index is 14.4. The standard InChI is InChI=1S/C46H51F3N2O4/c1-5-7-9-10-11-16-26-44(3)36-29-31(46(47,48)49)21-22-37(36)50(27-23-40(52)53)38(44)30-39-45(4,25-8-6-2)42-34-19-14-12-17-32(34)33-18-13-15-20-35(33)43(42)51(39)28-24-41(54)55/h6,8,12-15,17-22,29-30H,5,7,9-11,16,23-28H2,1-4H3,(H-,52,53,54,55)/p+1/b8-6+. The highest BCUT2D eigenvalue weighted by molar-refractivity contribution is 6.19. The summed E-state index contributed by atoms with van der Waals surface area (Å²) in [4.78, 5) is 26.3. The van der Waals surface area contributed by atoms with E-state index in [1.165, 1.54) is 12.1 Å². The summed E-state index contributed by atoms with van der Waals surface area (Å²) in [7, 11) is 0. The molecule has 0 saturated heterocycles. The second kappa shape index (κ2) is 16.0. The fraction of sp³-hybridized carbons (Fsp3) is 0.413. The van der Waals surface area contributed by atoms with Crippen molar-refractivity contribution in [3.8, 4) is 0 Å². The molecule has 0 bridgehead atoms. The predicted octanol–water partition coefficient (Wildman–Crippen LogP) is 11.7. The Morgan fingerprint density at radius 3 is 2.07 bits per heavy atom. The highest BCUT2D eigenvalue weighted by atomic mass is 19.4. The summed E-state index contributed by atoms with van der Waals surface area (Å²) in [5.74, 6) is -1.94. The van der Waals surface area contributed by atoms with Gasteiger partial charge in [-0.2, -0.15) is 17.7 Å². The lowest BCUT2D eigenvalue weighted by atomic mass is 9.71. The number of unbranched alkanes of at least 4 members (excludes halogenated alkanes) is 5. The Labute approximate surface area is 321 Å². The maximum Gasteiger partial charge on any atom is 0.416 e. The number of halogens is 3. The molecule has 0 radical (unpaired) electrons. The van der Waals surface area contributed by atoms with Gasteiger partial charge in [-0.3, -0.25) is 9.59 Å². The summed E-state index contributed by atoms with van der Waals surface area (Å²) < 4.78 is 45.2. The van der Waals surface area contributed by atoms with Crippen molar-refractivity contribution in [2.75, 3.05) is 18.0 Å². The Morgan fingerprint density at radius 1 is 0.818 bits per heavy atom. The van der Waals surface area contributed by atoms with Crippen molar-refractivity contribution >= 4 is 50.6 Å². The largest absolute Gasteiger partial charge is 0.481 e. The molecule has 9 heteroatoms. The molecule has 0 aromatic heterocycles. The summed E-state index contributed by atoms with van der Waals surface area (Å²) >= 11 is 0. The molecule has 2 aliphatic heterocycles. The van der Waals surface area contributed by atoms with Gasteiger partial charge in [0.15, 0.2) is 12.3 Å². The van der Waals surface area contributed by atoms with Gasteiger partial charge in [-0.15, -0.1) is 0 Å². The normalized spacial score (nSPS) is 20.3. The van der Waals surface area contributed by atoms with Gasteiger partial charge in [-0.25, -0.2) is 0 Å². The smallest absolute Gasteiger partial charge is 0.416 e. The molecule has 2 atom stereocenters. The topological polar surface area (TPSA) is 80.9 Å². The molecule has 0 saturated carbocycles. The SMILES string of the molecule is C/C=C/CC1(C)C(/C=C2/N(CCC(=O)O)c3ccc(C(F)(F)F)cc3C2(C)CCCCCCCC)=[N+](CCC(=O)O)c2c1c1ccccc1c1ccccc21. The van der Waals surface area contributed by atoms with Crippen molar-refractivity contribution in [2.45, 2.75) is 109 Å². The number of hydrogen-bond donors (Lipinski definition) is 2. The van der Waals surface area contributed by atoms with E-state index in [1.807, 2.05) is 49.1 Å². The van der Waals surface area contributed by atoms with Crippen LogP contribution in [0, 0.1) is 0 Å². The third-order valence-corrected chi connectivity index (χ3v) is 11.8. The van der Waals surface area contributed by atoms with Gasteiger partial charge in [0.2, 0.25) is 5.69 Å². The Kier molecular flexibility index (Phi) is 11.6. The van der Waals surface area contributed by atoms with Gasteiger partial charge in [0.1, 0.15) is 6.42 Å². The van der Waals surface area contributed by atoms with E-state index in [0.717, 1.165) is 88.8 Å². The number of aliphatic carboxylic acids is 2. The molecule has 2 unspecified atom stereocenters. The van der Waals surface area contributed by atoms with Crippen molar-refractivity contribution in [2.24, 2.45) is 0 Å². The number of alkyl halides is 3. The molecule has 0 aliphatic carbocycles. The van der Waals surface area contributed by atoms with Gasteiger partial charge in [0.05, 0.1) is 22.8 Å². The van der Waals surface area contributed by atoms with Crippen LogP contribution in [-0.4, -0.2) is 45.5 Å². The molecule has 0 amide bonds. The average molecular weight is 754 g/mol. The van der Waals surface area contributed by atoms with E-state index in [0.29, 0.717) is 24.1 Å². The van der Waals surface area contributed by atoms with Crippen LogP contribution < -0.4 is 4.90 Å². The third-order valence-electron chi connectivity index (χ3n) is 11.8. The van der Waals surface area contributed by atoms with Crippen LogP contribution in [-0.2, 0) is 26.6 Å². The summed E-state index contributed by atoms with van der Waals surface area (Å²) in [5.41, 5.74) is 2.37. The first-order valence-corrected chi connectivity index (χ1v) is 19.6. The van der Waals surface area contributed by atoms with E-state index < -0.39 is 34.5 Å². The molecule has 0 spiro atoms. The first-order valence-electron chi connectivity index (χ1n) is 19.6. The van der Waals surface area contributed by atoms with Crippen LogP contribution >= 0.6 is 0 Å². The lowest BCUT2D eigenvalue weighted by Gasteiger charge is -2.32. The quantitative estimate of drug-likeness (QED) is 0.0515. The van der Waals surface area contributed by atoms with Crippen molar-refractivity contribution in [1.82, 2.24) is 0 Å². The van der Waals surface area contributed by atoms with E-state index in [2.05, 4.69) is 54.8 Å². The van der Waals surface area contributed by atoms with E-state index in [4.69, 9.17) is 0 Å². The molecule has 6 rings (SSSR count). The number of carboxylic acids is 2. The number of hydrogen-bond acceptors (Lipinski definition) is 3. The first-order chi connectivity index (χ1) is 26.3. The number of rotatable bonds is 16. The van der Waals surface area contributed by atoms with E-state index in [-0.39, 0.29) is 25.9 Å². The van der Waals surface area contributed by atoms with Crippen molar-refractivity contribution in [3.05, 3.63) is 107 Å². The van der Waals surface area contributed by atoms with Crippen LogP contribution in [0.5, 0.6) is 0 Å². The Hall–Kier alpha value is -4.92. The predicted molar refractivity (Wildman–Crippen MR) is 215 cm³/mol. The number of allylic oxidation sites excluding steroid dienone is 4. The minimum Gasteiger partial charge on any atom is -0.481 e. The molecule has 4 aromatic rings. The summed E-state index contributed by atoms with van der Waals surface area (Å²) in [6.07, 6.45) is 8.49. The molecule has 290 valence electrons. The molecule has 2 N–H and O–H groups in total. The van der Waals surface area contributed by atoms with Crippen molar-refractivity contribution in [3.63, 3.8) is 0 Å². The lowest BCUT2D eigenvalue weighted by Crippen LogP contribution is -2.36. The summed E-state index contributed by atoms with van der Waals surface area (Å²) in [5, 5.41) is 24.1. The number of carbonyl (C=O) groups is 2. The summed E-state index contributed by atoms with van der Waals surface area (Å²) in [6, 6.07) is 20.3. The molecule has 2 heterocycles. The van der Waals surface area contributed by atoms with Crippen LogP contribution in [0.15, 0.2) is 90.7 Å². The number of carboxylic acid groups (broad SMARTS) is 2. The zero-order valence-electron chi connectivity index (χ0n) is 32.3. The zero-order valence-corrected chi connectivity index (χ0v) is 32.3. The van der Waals surface area contributed by atoms with Crippen molar-refractivity contribution in [1.29, 1.82) is 0 Å². The van der Waals surface area contributed by atoms with Crippen molar-refractivity contribution < 1.29 is 37.5 Å². The number of nitrogens with zero attached hydrogens (tertiary/aromatic N) is 2. The van der Waals surface area contributed by atoms with Crippen LogP contribution in [0.2, 0.25) is 0 Å².